The summed E-state index contributed by atoms with van der Waals surface area (Å²) in [5.41, 5.74) is -1.67. The molecule has 0 saturated carbocycles. The molecule has 90 valence electrons. The quantitative estimate of drug-likeness (QED) is 0.701. The van der Waals surface area contributed by atoms with Crippen LogP contribution in [-0.2, 0) is 4.79 Å². The molecule has 0 bridgehead atoms. The molecule has 1 atom stereocenters. The first-order valence-electron chi connectivity index (χ1n) is 5.36. The molecule has 4 nitrogen and oxygen atoms in total. The van der Waals surface area contributed by atoms with Gasteiger partial charge in [-0.05, 0) is 26.7 Å². The zero-order valence-corrected chi connectivity index (χ0v) is 10.3. The Kier molecular flexibility index (Phi) is 5.24. The topological polar surface area (TPSA) is 60.8 Å². The molecule has 0 amide bonds. The Bertz CT molecular complexity index is 212. The first-order chi connectivity index (χ1) is 6.66. The van der Waals surface area contributed by atoms with Crippen molar-refractivity contribution < 1.29 is 15.0 Å². The molecule has 0 radical (unpaired) electrons. The number of nitrogens with zero attached hydrogens (tertiary/aromatic N) is 1. The van der Waals surface area contributed by atoms with Crippen molar-refractivity contribution in [2.24, 2.45) is 5.92 Å². The molecule has 0 aromatic rings. The molecule has 0 saturated heterocycles. The van der Waals surface area contributed by atoms with Gasteiger partial charge in [0.25, 0.3) is 0 Å². The van der Waals surface area contributed by atoms with Crippen molar-refractivity contribution in [1.82, 2.24) is 4.90 Å². The van der Waals surface area contributed by atoms with Crippen molar-refractivity contribution in [2.45, 2.75) is 46.3 Å². The molecule has 0 heterocycles. The van der Waals surface area contributed by atoms with Gasteiger partial charge in [0.2, 0.25) is 0 Å². The third-order valence-corrected chi connectivity index (χ3v) is 2.30. The molecular weight excluding hydrogens is 194 g/mol. The minimum Gasteiger partial charge on any atom is -0.479 e. The predicted octanol–water partition coefficient (Wildman–Crippen LogP) is 1.19. The SMILES string of the molecule is CC(C)CN(CC(C)(O)C(=O)O)C(C)C. The standard InChI is InChI=1S/C11H23NO3/c1-8(2)6-12(9(3)4)7-11(5,15)10(13)14/h8-9,15H,6-7H2,1-5H3,(H,13,14). The minimum absolute atomic E-state index is 0.165. The van der Waals surface area contributed by atoms with E-state index < -0.39 is 11.6 Å². The number of carboxylic acids is 1. The predicted molar refractivity (Wildman–Crippen MR) is 59.8 cm³/mol. The van der Waals surface area contributed by atoms with Gasteiger partial charge in [-0.3, -0.25) is 4.90 Å². The van der Waals surface area contributed by atoms with Crippen molar-refractivity contribution in [2.75, 3.05) is 13.1 Å². The number of carboxylic acid groups (broad SMARTS) is 1. The van der Waals surface area contributed by atoms with E-state index in [0.29, 0.717) is 5.92 Å². The van der Waals surface area contributed by atoms with Gasteiger partial charge in [-0.2, -0.15) is 0 Å². The summed E-state index contributed by atoms with van der Waals surface area (Å²) in [5.74, 6) is -0.714. The van der Waals surface area contributed by atoms with E-state index in [4.69, 9.17) is 5.11 Å². The van der Waals surface area contributed by atoms with E-state index in [-0.39, 0.29) is 12.6 Å². The molecule has 0 aliphatic rings. The zero-order valence-electron chi connectivity index (χ0n) is 10.3. The Morgan fingerprint density at radius 1 is 1.33 bits per heavy atom. The second kappa shape index (κ2) is 5.47. The van der Waals surface area contributed by atoms with Crippen LogP contribution in [0, 0.1) is 5.92 Å². The first kappa shape index (κ1) is 14.4. The van der Waals surface area contributed by atoms with E-state index in [9.17, 15) is 9.90 Å². The van der Waals surface area contributed by atoms with Crippen LogP contribution in [0.15, 0.2) is 0 Å². The minimum atomic E-state index is -1.67. The second-order valence-corrected chi connectivity index (χ2v) is 5.00. The highest BCUT2D eigenvalue weighted by atomic mass is 16.4. The fraction of sp³-hybridized carbons (Fsp3) is 0.909. The summed E-state index contributed by atoms with van der Waals surface area (Å²) >= 11 is 0. The van der Waals surface area contributed by atoms with Crippen molar-refractivity contribution in [3.05, 3.63) is 0 Å². The number of carbonyl (C=O) groups is 1. The van der Waals surface area contributed by atoms with Crippen molar-refractivity contribution in [1.29, 1.82) is 0 Å². The van der Waals surface area contributed by atoms with Crippen LogP contribution in [0.3, 0.4) is 0 Å². The maximum atomic E-state index is 10.8. The van der Waals surface area contributed by atoms with Crippen LogP contribution in [0.4, 0.5) is 0 Å². The summed E-state index contributed by atoms with van der Waals surface area (Å²) in [6.45, 7) is 10.4. The summed E-state index contributed by atoms with van der Waals surface area (Å²) in [5, 5.41) is 18.5. The van der Waals surface area contributed by atoms with Crippen LogP contribution < -0.4 is 0 Å². The van der Waals surface area contributed by atoms with E-state index in [1.54, 1.807) is 0 Å². The number of aliphatic hydroxyl groups is 1. The van der Waals surface area contributed by atoms with Crippen LogP contribution in [0.25, 0.3) is 0 Å². The number of rotatable bonds is 6. The summed E-state index contributed by atoms with van der Waals surface area (Å²) in [7, 11) is 0. The second-order valence-electron chi connectivity index (χ2n) is 5.00. The zero-order chi connectivity index (χ0) is 12.2. The van der Waals surface area contributed by atoms with Crippen LogP contribution >= 0.6 is 0 Å². The molecule has 0 rings (SSSR count). The largest absolute Gasteiger partial charge is 0.479 e. The first-order valence-corrected chi connectivity index (χ1v) is 5.36. The smallest absolute Gasteiger partial charge is 0.336 e. The summed E-state index contributed by atoms with van der Waals surface area (Å²) in [4.78, 5) is 12.8. The molecular formula is C11H23NO3. The molecule has 15 heavy (non-hydrogen) atoms. The summed E-state index contributed by atoms with van der Waals surface area (Å²) < 4.78 is 0. The Labute approximate surface area is 91.9 Å². The summed E-state index contributed by atoms with van der Waals surface area (Å²) in [6.07, 6.45) is 0. The fourth-order valence-corrected chi connectivity index (χ4v) is 1.39. The van der Waals surface area contributed by atoms with Gasteiger partial charge in [-0.1, -0.05) is 13.8 Å². The third kappa shape index (κ3) is 5.14. The van der Waals surface area contributed by atoms with Gasteiger partial charge in [0.05, 0.1) is 0 Å². The average molecular weight is 217 g/mol. The van der Waals surface area contributed by atoms with Gasteiger partial charge in [-0.25, -0.2) is 4.79 Å². The molecule has 1 unspecified atom stereocenters. The van der Waals surface area contributed by atoms with E-state index in [1.165, 1.54) is 6.92 Å². The number of hydrogen-bond acceptors (Lipinski definition) is 3. The van der Waals surface area contributed by atoms with Crippen LogP contribution in [0.5, 0.6) is 0 Å². The van der Waals surface area contributed by atoms with Crippen LogP contribution in [0.2, 0.25) is 0 Å². The lowest BCUT2D eigenvalue weighted by Crippen LogP contribution is -2.49. The number of hydrogen-bond donors (Lipinski definition) is 2. The van der Waals surface area contributed by atoms with E-state index in [0.717, 1.165) is 6.54 Å². The highest BCUT2D eigenvalue weighted by molar-refractivity contribution is 5.76. The van der Waals surface area contributed by atoms with Crippen LogP contribution in [0.1, 0.15) is 34.6 Å². The molecule has 0 aliphatic carbocycles. The lowest BCUT2D eigenvalue weighted by atomic mass is 10.0. The van der Waals surface area contributed by atoms with Gasteiger partial charge >= 0.3 is 5.97 Å². The maximum absolute atomic E-state index is 10.8. The maximum Gasteiger partial charge on any atom is 0.336 e. The Balaban J connectivity index is 4.47. The summed E-state index contributed by atoms with van der Waals surface area (Å²) in [6, 6.07) is 0.234. The number of aliphatic carboxylic acids is 1. The third-order valence-electron chi connectivity index (χ3n) is 2.30. The van der Waals surface area contributed by atoms with Gasteiger partial charge < -0.3 is 10.2 Å². The molecule has 0 aromatic heterocycles. The molecule has 0 fully saturated rings. The van der Waals surface area contributed by atoms with Gasteiger partial charge in [0.15, 0.2) is 5.60 Å². The van der Waals surface area contributed by atoms with Crippen molar-refractivity contribution in [3.8, 4) is 0 Å². The Morgan fingerprint density at radius 2 is 1.80 bits per heavy atom. The van der Waals surface area contributed by atoms with Crippen LogP contribution in [-0.4, -0.2) is 45.8 Å². The molecule has 0 spiro atoms. The van der Waals surface area contributed by atoms with Crippen molar-refractivity contribution >= 4 is 5.97 Å². The monoisotopic (exact) mass is 217 g/mol. The average Bonchev–Trinajstić information content (AvgIpc) is 2.01. The Hall–Kier alpha value is -0.610. The fourth-order valence-electron chi connectivity index (χ4n) is 1.39. The molecule has 0 aromatic carbocycles. The van der Waals surface area contributed by atoms with Gasteiger partial charge in [0.1, 0.15) is 0 Å². The lowest BCUT2D eigenvalue weighted by Gasteiger charge is -2.33. The van der Waals surface area contributed by atoms with E-state index in [1.807, 2.05) is 18.7 Å². The molecule has 0 aliphatic heterocycles. The van der Waals surface area contributed by atoms with Crippen molar-refractivity contribution in [3.63, 3.8) is 0 Å². The highest BCUT2D eigenvalue weighted by Gasteiger charge is 2.33. The Morgan fingerprint density at radius 3 is 2.07 bits per heavy atom. The van der Waals surface area contributed by atoms with Gasteiger partial charge in [-0.15, -0.1) is 0 Å². The van der Waals surface area contributed by atoms with E-state index >= 15 is 0 Å². The molecule has 4 heteroatoms. The normalized spacial score (nSPS) is 16.1. The van der Waals surface area contributed by atoms with Gasteiger partial charge in [0, 0.05) is 19.1 Å². The van der Waals surface area contributed by atoms with E-state index in [2.05, 4.69) is 13.8 Å². The lowest BCUT2D eigenvalue weighted by molar-refractivity contribution is -0.159. The molecule has 2 N–H and O–H groups in total. The highest BCUT2D eigenvalue weighted by Crippen LogP contribution is 2.11.